The van der Waals surface area contributed by atoms with Gasteiger partial charge in [-0.3, -0.25) is 4.98 Å². The molecule has 1 N–H and O–H groups in total. The molecule has 0 atom stereocenters. The maximum atomic E-state index is 8.77. The number of aliphatic hydroxyl groups excluding tert-OH is 1. The fourth-order valence-electron chi connectivity index (χ4n) is 0.969. The zero-order valence-electron chi connectivity index (χ0n) is 8.47. The molecule has 0 fully saturated rings. The Morgan fingerprint density at radius 2 is 2.21 bits per heavy atom. The third-order valence-corrected chi connectivity index (χ3v) is 1.88. The van der Waals surface area contributed by atoms with Crippen LogP contribution in [0.4, 0.5) is 5.82 Å². The second-order valence-electron chi connectivity index (χ2n) is 2.94. The molecule has 0 spiro atoms. The van der Waals surface area contributed by atoms with Gasteiger partial charge in [0, 0.05) is 20.7 Å². The standard InChI is InChI=1S/C9H15N3O2/c1-12(3-4-14-2)9-6-10-8(7-13)5-11-9/h5-6,13H,3-4,7H2,1-2H3. The summed E-state index contributed by atoms with van der Waals surface area (Å²) >= 11 is 0. The van der Waals surface area contributed by atoms with E-state index in [0.29, 0.717) is 12.3 Å². The molecule has 0 aliphatic carbocycles. The normalized spacial score (nSPS) is 10.2. The Labute approximate surface area is 83.4 Å². The summed E-state index contributed by atoms with van der Waals surface area (Å²) in [7, 11) is 3.58. The largest absolute Gasteiger partial charge is 0.390 e. The number of ether oxygens (including phenoxy) is 1. The molecule has 1 aromatic heterocycles. The van der Waals surface area contributed by atoms with Crippen molar-refractivity contribution in [1.29, 1.82) is 0 Å². The van der Waals surface area contributed by atoms with Crippen molar-refractivity contribution in [3.05, 3.63) is 18.1 Å². The molecule has 1 aromatic rings. The first-order chi connectivity index (χ1) is 6.77. The minimum atomic E-state index is -0.0743. The van der Waals surface area contributed by atoms with Gasteiger partial charge in [0.1, 0.15) is 5.82 Å². The SMILES string of the molecule is COCCN(C)c1cnc(CO)cn1. The molecule has 1 rings (SSSR count). The average Bonchev–Trinajstić information content (AvgIpc) is 2.26. The number of nitrogens with zero attached hydrogens (tertiary/aromatic N) is 3. The van der Waals surface area contributed by atoms with Crippen molar-refractivity contribution < 1.29 is 9.84 Å². The van der Waals surface area contributed by atoms with E-state index in [0.717, 1.165) is 12.4 Å². The Hall–Kier alpha value is -1.20. The van der Waals surface area contributed by atoms with Gasteiger partial charge in [-0.2, -0.15) is 0 Å². The first kappa shape index (κ1) is 10.9. The highest BCUT2D eigenvalue weighted by atomic mass is 16.5. The lowest BCUT2D eigenvalue weighted by molar-refractivity contribution is 0.206. The predicted molar refractivity (Wildman–Crippen MR) is 53.1 cm³/mol. The van der Waals surface area contributed by atoms with Crippen molar-refractivity contribution in [2.45, 2.75) is 6.61 Å². The monoisotopic (exact) mass is 197 g/mol. The van der Waals surface area contributed by atoms with Crippen LogP contribution >= 0.6 is 0 Å². The van der Waals surface area contributed by atoms with E-state index >= 15 is 0 Å². The molecule has 14 heavy (non-hydrogen) atoms. The summed E-state index contributed by atoms with van der Waals surface area (Å²) in [6.07, 6.45) is 3.21. The maximum absolute atomic E-state index is 8.77. The molecule has 0 saturated heterocycles. The van der Waals surface area contributed by atoms with E-state index in [1.165, 1.54) is 0 Å². The molecule has 0 saturated carbocycles. The third kappa shape index (κ3) is 2.93. The van der Waals surface area contributed by atoms with Crippen LogP contribution in [0.1, 0.15) is 5.69 Å². The molecule has 0 amide bonds. The van der Waals surface area contributed by atoms with Crippen molar-refractivity contribution in [2.75, 3.05) is 32.2 Å². The Kier molecular flexibility index (Phi) is 4.28. The lowest BCUT2D eigenvalue weighted by Gasteiger charge is -2.16. The maximum Gasteiger partial charge on any atom is 0.146 e. The molecule has 0 radical (unpaired) electrons. The Bertz CT molecular complexity index is 263. The minimum absolute atomic E-state index is 0.0743. The van der Waals surface area contributed by atoms with E-state index < -0.39 is 0 Å². The van der Waals surface area contributed by atoms with Gasteiger partial charge in [0.05, 0.1) is 31.3 Å². The summed E-state index contributed by atoms with van der Waals surface area (Å²) < 4.78 is 4.95. The summed E-state index contributed by atoms with van der Waals surface area (Å²) in [6, 6.07) is 0. The Morgan fingerprint density at radius 3 is 2.71 bits per heavy atom. The van der Waals surface area contributed by atoms with Gasteiger partial charge in [0.25, 0.3) is 0 Å². The smallest absolute Gasteiger partial charge is 0.146 e. The van der Waals surface area contributed by atoms with Crippen LogP contribution in [-0.2, 0) is 11.3 Å². The Balaban J connectivity index is 2.57. The molecule has 0 aliphatic heterocycles. The fraction of sp³-hybridized carbons (Fsp3) is 0.556. The van der Waals surface area contributed by atoms with E-state index in [1.807, 2.05) is 11.9 Å². The van der Waals surface area contributed by atoms with Crippen LogP contribution in [0.2, 0.25) is 0 Å². The summed E-state index contributed by atoms with van der Waals surface area (Å²) in [6.45, 7) is 1.35. The number of hydrogen-bond donors (Lipinski definition) is 1. The van der Waals surface area contributed by atoms with E-state index in [4.69, 9.17) is 9.84 Å². The second-order valence-corrected chi connectivity index (χ2v) is 2.94. The predicted octanol–water partition coefficient (Wildman–Crippen LogP) is 0.0515. The highest BCUT2D eigenvalue weighted by molar-refractivity contribution is 5.34. The van der Waals surface area contributed by atoms with Crippen LogP contribution in [0, 0.1) is 0 Å². The quantitative estimate of drug-likeness (QED) is 0.723. The molecule has 78 valence electrons. The van der Waals surface area contributed by atoms with Gasteiger partial charge < -0.3 is 14.7 Å². The molecule has 0 unspecified atom stereocenters. The number of aromatic nitrogens is 2. The third-order valence-electron chi connectivity index (χ3n) is 1.88. The van der Waals surface area contributed by atoms with Crippen LogP contribution in [0.15, 0.2) is 12.4 Å². The van der Waals surface area contributed by atoms with Crippen molar-refractivity contribution in [3.63, 3.8) is 0 Å². The summed E-state index contributed by atoms with van der Waals surface area (Å²) in [4.78, 5) is 10.1. The topological polar surface area (TPSA) is 58.5 Å². The summed E-state index contributed by atoms with van der Waals surface area (Å²) in [5, 5.41) is 8.77. The fourth-order valence-corrected chi connectivity index (χ4v) is 0.969. The highest BCUT2D eigenvalue weighted by Crippen LogP contribution is 2.05. The molecule has 0 aliphatic rings. The van der Waals surface area contributed by atoms with Crippen LogP contribution < -0.4 is 4.90 Å². The van der Waals surface area contributed by atoms with Gasteiger partial charge in [0.2, 0.25) is 0 Å². The number of anilines is 1. The van der Waals surface area contributed by atoms with E-state index in [9.17, 15) is 0 Å². The second kappa shape index (κ2) is 5.51. The first-order valence-electron chi connectivity index (χ1n) is 4.39. The molecular weight excluding hydrogens is 182 g/mol. The van der Waals surface area contributed by atoms with Crippen LogP contribution in [-0.4, -0.2) is 42.4 Å². The molecular formula is C9H15N3O2. The van der Waals surface area contributed by atoms with Gasteiger partial charge in [-0.1, -0.05) is 0 Å². The van der Waals surface area contributed by atoms with Crippen LogP contribution in [0.3, 0.4) is 0 Å². The van der Waals surface area contributed by atoms with E-state index in [1.54, 1.807) is 19.5 Å². The van der Waals surface area contributed by atoms with Gasteiger partial charge >= 0.3 is 0 Å². The van der Waals surface area contributed by atoms with Crippen molar-refractivity contribution in [2.24, 2.45) is 0 Å². The molecule has 0 aromatic carbocycles. The number of likely N-dealkylation sites (N-methyl/N-ethyl adjacent to an activating group) is 1. The molecule has 0 bridgehead atoms. The lowest BCUT2D eigenvalue weighted by Crippen LogP contribution is -2.23. The molecule has 5 nitrogen and oxygen atoms in total. The molecule has 5 heteroatoms. The van der Waals surface area contributed by atoms with Gasteiger partial charge in [-0.25, -0.2) is 4.98 Å². The summed E-state index contributed by atoms with van der Waals surface area (Å²) in [5.41, 5.74) is 0.578. The van der Waals surface area contributed by atoms with E-state index in [2.05, 4.69) is 9.97 Å². The Morgan fingerprint density at radius 1 is 1.43 bits per heavy atom. The van der Waals surface area contributed by atoms with Gasteiger partial charge in [-0.15, -0.1) is 0 Å². The van der Waals surface area contributed by atoms with Crippen molar-refractivity contribution in [1.82, 2.24) is 9.97 Å². The first-order valence-corrected chi connectivity index (χ1v) is 4.39. The van der Waals surface area contributed by atoms with E-state index in [-0.39, 0.29) is 6.61 Å². The number of methoxy groups -OCH3 is 1. The van der Waals surface area contributed by atoms with Gasteiger partial charge in [0.15, 0.2) is 0 Å². The number of rotatable bonds is 5. The number of aliphatic hydroxyl groups is 1. The van der Waals surface area contributed by atoms with Crippen molar-refractivity contribution >= 4 is 5.82 Å². The number of hydrogen-bond acceptors (Lipinski definition) is 5. The summed E-state index contributed by atoms with van der Waals surface area (Å²) in [5.74, 6) is 0.777. The molecule has 1 heterocycles. The van der Waals surface area contributed by atoms with Crippen LogP contribution in [0.5, 0.6) is 0 Å². The van der Waals surface area contributed by atoms with Crippen molar-refractivity contribution in [3.8, 4) is 0 Å². The zero-order valence-corrected chi connectivity index (χ0v) is 8.47. The zero-order chi connectivity index (χ0) is 10.4. The lowest BCUT2D eigenvalue weighted by atomic mass is 10.4. The van der Waals surface area contributed by atoms with Gasteiger partial charge in [-0.05, 0) is 0 Å². The average molecular weight is 197 g/mol. The van der Waals surface area contributed by atoms with Crippen LogP contribution in [0.25, 0.3) is 0 Å². The minimum Gasteiger partial charge on any atom is -0.390 e. The highest BCUT2D eigenvalue weighted by Gasteiger charge is 2.02.